The highest BCUT2D eigenvalue weighted by Gasteiger charge is 2.28. The van der Waals surface area contributed by atoms with Crippen LogP contribution in [0, 0.1) is 0 Å². The highest BCUT2D eigenvalue weighted by molar-refractivity contribution is 8.06. The third-order valence-electron chi connectivity index (χ3n) is 3.90. The lowest BCUT2D eigenvalue weighted by molar-refractivity contribution is 0.192. The van der Waals surface area contributed by atoms with Gasteiger partial charge in [-0.3, -0.25) is 0 Å². The smallest absolute Gasteiger partial charge is 0.0265 e. The largest absolute Gasteiger partial charge is 0.310 e. The van der Waals surface area contributed by atoms with Crippen molar-refractivity contribution in [2.45, 2.75) is 43.0 Å². The second-order valence-electron chi connectivity index (χ2n) is 5.61. The maximum Gasteiger partial charge on any atom is 0.0265 e. The fourth-order valence-electron chi connectivity index (χ4n) is 2.87. The Morgan fingerprint density at radius 1 is 1.12 bits per heavy atom. The van der Waals surface area contributed by atoms with Crippen LogP contribution in [0.2, 0.25) is 0 Å². The zero-order valence-electron chi connectivity index (χ0n) is 10.6. The average Bonchev–Trinajstić information content (AvgIpc) is 3.15. The summed E-state index contributed by atoms with van der Waals surface area (Å²) in [6.07, 6.45) is 5.64. The third-order valence-corrected chi connectivity index (χ3v) is 6.73. The van der Waals surface area contributed by atoms with Crippen molar-refractivity contribution in [2.75, 3.05) is 36.9 Å². The van der Waals surface area contributed by atoms with E-state index in [1.807, 2.05) is 0 Å². The van der Waals surface area contributed by atoms with Gasteiger partial charge in [0.05, 0.1) is 0 Å². The molecule has 0 amide bonds. The minimum absolute atomic E-state index is 0.789. The molecule has 0 spiro atoms. The van der Waals surface area contributed by atoms with Gasteiger partial charge in [-0.2, -0.15) is 23.5 Å². The number of piperidine rings is 1. The van der Waals surface area contributed by atoms with E-state index in [1.54, 1.807) is 0 Å². The van der Waals surface area contributed by atoms with Crippen molar-refractivity contribution < 1.29 is 0 Å². The van der Waals surface area contributed by atoms with Crippen LogP contribution in [0.3, 0.4) is 0 Å². The zero-order valence-corrected chi connectivity index (χ0v) is 12.2. The number of likely N-dealkylation sites (tertiary alicyclic amines) is 1. The van der Waals surface area contributed by atoms with E-state index in [4.69, 9.17) is 0 Å². The molecule has 4 heteroatoms. The zero-order chi connectivity index (χ0) is 11.5. The number of rotatable bonds is 4. The Kier molecular flexibility index (Phi) is 4.59. The Morgan fingerprint density at radius 2 is 2.06 bits per heavy atom. The summed E-state index contributed by atoms with van der Waals surface area (Å²) in [6.45, 7) is 3.98. The van der Waals surface area contributed by atoms with Gasteiger partial charge in [0.15, 0.2) is 0 Å². The van der Waals surface area contributed by atoms with Gasteiger partial charge in [-0.25, -0.2) is 0 Å². The number of nitrogens with one attached hydrogen (secondary N) is 1. The lowest BCUT2D eigenvalue weighted by Crippen LogP contribution is -2.48. The van der Waals surface area contributed by atoms with Crippen molar-refractivity contribution in [3.05, 3.63) is 0 Å². The lowest BCUT2D eigenvalue weighted by atomic mass is 10.1. The molecule has 2 heterocycles. The number of thioether (sulfide) groups is 2. The van der Waals surface area contributed by atoms with E-state index >= 15 is 0 Å². The molecular weight excluding hydrogens is 248 g/mol. The summed E-state index contributed by atoms with van der Waals surface area (Å²) >= 11 is 4.35. The van der Waals surface area contributed by atoms with Gasteiger partial charge in [0, 0.05) is 47.7 Å². The monoisotopic (exact) mass is 272 g/mol. The summed E-state index contributed by atoms with van der Waals surface area (Å²) < 4.78 is 0. The standard InChI is InChI=1S/C13H24N2S2/c1-2-12(14-11-3-4-11)8-15(5-1)9-13-10-16-6-7-17-13/h11-14H,1-10H2. The molecule has 2 aliphatic heterocycles. The van der Waals surface area contributed by atoms with E-state index in [0.717, 1.165) is 17.3 Å². The summed E-state index contributed by atoms with van der Waals surface area (Å²) in [5, 5.41) is 4.70. The van der Waals surface area contributed by atoms with Crippen LogP contribution in [0.4, 0.5) is 0 Å². The summed E-state index contributed by atoms with van der Waals surface area (Å²) in [5.74, 6) is 4.11. The molecule has 98 valence electrons. The van der Waals surface area contributed by atoms with Crippen LogP contribution in [0.5, 0.6) is 0 Å². The highest BCUT2D eigenvalue weighted by Crippen LogP contribution is 2.26. The van der Waals surface area contributed by atoms with Gasteiger partial charge in [-0.15, -0.1) is 0 Å². The first kappa shape index (κ1) is 12.6. The maximum absolute atomic E-state index is 3.81. The quantitative estimate of drug-likeness (QED) is 0.842. The average molecular weight is 272 g/mol. The normalized spacial score (nSPS) is 36.0. The molecule has 0 radical (unpaired) electrons. The Hall–Kier alpha value is 0.620. The van der Waals surface area contributed by atoms with Crippen molar-refractivity contribution in [3.63, 3.8) is 0 Å². The van der Waals surface area contributed by atoms with Gasteiger partial charge in [0.1, 0.15) is 0 Å². The minimum Gasteiger partial charge on any atom is -0.310 e. The molecule has 17 heavy (non-hydrogen) atoms. The van der Waals surface area contributed by atoms with E-state index in [1.165, 1.54) is 62.6 Å². The molecule has 3 rings (SSSR count). The summed E-state index contributed by atoms with van der Waals surface area (Å²) in [7, 11) is 0. The molecule has 0 aromatic carbocycles. The maximum atomic E-state index is 3.81. The van der Waals surface area contributed by atoms with E-state index in [9.17, 15) is 0 Å². The van der Waals surface area contributed by atoms with Crippen molar-refractivity contribution in [1.82, 2.24) is 10.2 Å². The Balaban J connectivity index is 1.42. The van der Waals surface area contributed by atoms with Gasteiger partial charge in [-0.1, -0.05) is 0 Å². The van der Waals surface area contributed by atoms with Crippen molar-refractivity contribution >= 4 is 23.5 Å². The van der Waals surface area contributed by atoms with Crippen molar-refractivity contribution in [3.8, 4) is 0 Å². The molecular formula is C13H24N2S2. The first-order valence-corrected chi connectivity index (χ1v) is 9.28. The molecule has 3 aliphatic rings. The van der Waals surface area contributed by atoms with Gasteiger partial charge in [-0.05, 0) is 32.2 Å². The predicted molar refractivity (Wildman–Crippen MR) is 79.2 cm³/mol. The van der Waals surface area contributed by atoms with E-state index < -0.39 is 0 Å². The van der Waals surface area contributed by atoms with Crippen LogP contribution >= 0.6 is 23.5 Å². The Labute approximate surface area is 114 Å². The number of hydrogen-bond donors (Lipinski definition) is 1. The molecule has 2 nitrogen and oxygen atoms in total. The van der Waals surface area contributed by atoms with Crippen LogP contribution in [0.1, 0.15) is 25.7 Å². The molecule has 3 fully saturated rings. The Bertz CT molecular complexity index is 240. The second-order valence-corrected chi connectivity index (χ2v) is 8.17. The number of nitrogens with zero attached hydrogens (tertiary/aromatic N) is 1. The van der Waals surface area contributed by atoms with Crippen LogP contribution in [0.25, 0.3) is 0 Å². The molecule has 2 atom stereocenters. The summed E-state index contributed by atoms with van der Waals surface area (Å²) in [6, 6.07) is 1.66. The molecule has 0 bridgehead atoms. The topological polar surface area (TPSA) is 15.3 Å². The lowest BCUT2D eigenvalue weighted by Gasteiger charge is -2.36. The first-order valence-electron chi connectivity index (χ1n) is 7.08. The van der Waals surface area contributed by atoms with Crippen LogP contribution in [-0.4, -0.2) is 59.1 Å². The van der Waals surface area contributed by atoms with Gasteiger partial charge < -0.3 is 10.2 Å². The second kappa shape index (κ2) is 6.18. The van der Waals surface area contributed by atoms with Crippen molar-refractivity contribution in [2.24, 2.45) is 0 Å². The Morgan fingerprint density at radius 3 is 2.82 bits per heavy atom. The fourth-order valence-corrected chi connectivity index (χ4v) is 5.59. The SMILES string of the molecule is C1CC(NC2CC2)CN(CC2CSCCS2)C1. The first-order chi connectivity index (χ1) is 8.40. The summed E-state index contributed by atoms with van der Waals surface area (Å²) in [5.41, 5.74) is 0. The minimum atomic E-state index is 0.789. The molecule has 1 saturated carbocycles. The molecule has 1 aliphatic carbocycles. The van der Waals surface area contributed by atoms with Crippen LogP contribution in [-0.2, 0) is 0 Å². The van der Waals surface area contributed by atoms with Crippen LogP contribution in [0.15, 0.2) is 0 Å². The van der Waals surface area contributed by atoms with E-state index in [-0.39, 0.29) is 0 Å². The molecule has 2 unspecified atom stereocenters. The third kappa shape index (κ3) is 4.05. The summed E-state index contributed by atoms with van der Waals surface area (Å²) in [4.78, 5) is 2.72. The number of hydrogen-bond acceptors (Lipinski definition) is 4. The molecule has 2 saturated heterocycles. The molecule has 1 N–H and O–H groups in total. The predicted octanol–water partition coefficient (Wildman–Crippen LogP) is 2.05. The van der Waals surface area contributed by atoms with Gasteiger partial charge in [0.25, 0.3) is 0 Å². The van der Waals surface area contributed by atoms with Crippen molar-refractivity contribution in [1.29, 1.82) is 0 Å². The fraction of sp³-hybridized carbons (Fsp3) is 1.00. The molecule has 0 aromatic rings. The van der Waals surface area contributed by atoms with Gasteiger partial charge >= 0.3 is 0 Å². The van der Waals surface area contributed by atoms with E-state index in [0.29, 0.717) is 0 Å². The molecule has 0 aromatic heterocycles. The van der Waals surface area contributed by atoms with Crippen LogP contribution < -0.4 is 5.32 Å². The van der Waals surface area contributed by atoms with E-state index in [2.05, 4.69) is 33.7 Å². The highest BCUT2D eigenvalue weighted by atomic mass is 32.2. The van der Waals surface area contributed by atoms with Gasteiger partial charge in [0.2, 0.25) is 0 Å².